The van der Waals surface area contributed by atoms with Crippen LogP contribution >= 0.6 is 23.2 Å². The van der Waals surface area contributed by atoms with Crippen molar-refractivity contribution in [3.05, 3.63) is 69.8 Å². The summed E-state index contributed by atoms with van der Waals surface area (Å²) < 4.78 is 2.09. The largest absolute Gasteiger partial charge is 0.343 e. The van der Waals surface area contributed by atoms with Crippen LogP contribution in [0.15, 0.2) is 48.7 Å². The first-order chi connectivity index (χ1) is 9.69. The van der Waals surface area contributed by atoms with Crippen LogP contribution in [0.3, 0.4) is 0 Å². The van der Waals surface area contributed by atoms with E-state index in [1.807, 2.05) is 36.5 Å². The van der Waals surface area contributed by atoms with Crippen molar-refractivity contribution in [2.45, 2.75) is 6.54 Å². The number of rotatable bonds is 2. The van der Waals surface area contributed by atoms with Gasteiger partial charge in [0.15, 0.2) is 0 Å². The van der Waals surface area contributed by atoms with Crippen molar-refractivity contribution >= 4 is 34.1 Å². The summed E-state index contributed by atoms with van der Waals surface area (Å²) in [5, 5.41) is 11.2. The number of nitrogens with zero attached hydrogens (tertiary/aromatic N) is 2. The summed E-state index contributed by atoms with van der Waals surface area (Å²) in [6.07, 6.45) is 1.99. The molecule has 0 N–H and O–H groups in total. The van der Waals surface area contributed by atoms with Gasteiger partial charge in [0.25, 0.3) is 0 Å². The van der Waals surface area contributed by atoms with Gasteiger partial charge in [-0.15, -0.1) is 0 Å². The van der Waals surface area contributed by atoms with Crippen LogP contribution in [0.25, 0.3) is 10.9 Å². The second-order valence-electron chi connectivity index (χ2n) is 4.53. The van der Waals surface area contributed by atoms with Gasteiger partial charge < -0.3 is 4.57 Å². The van der Waals surface area contributed by atoms with Crippen LogP contribution < -0.4 is 0 Å². The Balaban J connectivity index is 2.02. The predicted octanol–water partition coefficient (Wildman–Crippen LogP) is 4.87. The fraction of sp³-hybridized carbons (Fsp3) is 0.0625. The molecule has 2 aromatic carbocycles. The molecule has 2 nitrogen and oxygen atoms in total. The zero-order chi connectivity index (χ0) is 14.1. The summed E-state index contributed by atoms with van der Waals surface area (Å²) >= 11 is 12.4. The molecule has 98 valence electrons. The molecule has 4 heteroatoms. The highest BCUT2D eigenvalue weighted by atomic mass is 35.5. The molecule has 0 aliphatic rings. The molecule has 0 bridgehead atoms. The van der Waals surface area contributed by atoms with Gasteiger partial charge in [0.05, 0.1) is 11.6 Å². The molecule has 3 aromatic rings. The van der Waals surface area contributed by atoms with Crippen molar-refractivity contribution in [3.63, 3.8) is 0 Å². The average molecular weight is 301 g/mol. The van der Waals surface area contributed by atoms with Crippen LogP contribution in [0, 0.1) is 11.3 Å². The lowest BCUT2D eigenvalue weighted by molar-refractivity contribution is 0.837. The molecule has 1 heterocycles. The summed E-state index contributed by atoms with van der Waals surface area (Å²) in [5.74, 6) is 0. The van der Waals surface area contributed by atoms with Gasteiger partial charge in [0.2, 0.25) is 0 Å². The van der Waals surface area contributed by atoms with Crippen molar-refractivity contribution < 1.29 is 0 Å². The fourth-order valence-corrected chi connectivity index (χ4v) is 2.73. The lowest BCUT2D eigenvalue weighted by Crippen LogP contribution is -1.98. The van der Waals surface area contributed by atoms with E-state index in [0.717, 1.165) is 21.5 Å². The zero-order valence-corrected chi connectivity index (χ0v) is 12.0. The van der Waals surface area contributed by atoms with Gasteiger partial charge in [-0.2, -0.15) is 5.26 Å². The third kappa shape index (κ3) is 2.27. The van der Waals surface area contributed by atoms with E-state index >= 15 is 0 Å². The summed E-state index contributed by atoms with van der Waals surface area (Å²) in [5.41, 5.74) is 2.61. The monoisotopic (exact) mass is 300 g/mol. The molecule has 0 amide bonds. The molecular formula is C16H10Cl2N2. The lowest BCUT2D eigenvalue weighted by Gasteiger charge is -2.08. The number of hydrogen-bond donors (Lipinski definition) is 0. The molecule has 1 aromatic heterocycles. The summed E-state index contributed by atoms with van der Waals surface area (Å²) in [7, 11) is 0. The Morgan fingerprint density at radius 2 is 1.90 bits per heavy atom. The third-order valence-electron chi connectivity index (χ3n) is 3.28. The van der Waals surface area contributed by atoms with Gasteiger partial charge in [-0.3, -0.25) is 0 Å². The number of benzene rings is 2. The van der Waals surface area contributed by atoms with Gasteiger partial charge in [0, 0.05) is 33.7 Å². The number of nitriles is 1. The SMILES string of the molecule is N#Cc1ccc(Cn2ccc3c(Cl)cccc32)c(Cl)c1. The summed E-state index contributed by atoms with van der Waals surface area (Å²) in [6.45, 7) is 0.647. The number of aromatic nitrogens is 1. The summed E-state index contributed by atoms with van der Waals surface area (Å²) in [4.78, 5) is 0. The van der Waals surface area contributed by atoms with E-state index in [-0.39, 0.29) is 0 Å². The Morgan fingerprint density at radius 3 is 2.65 bits per heavy atom. The smallest absolute Gasteiger partial charge is 0.0992 e. The average Bonchev–Trinajstić information content (AvgIpc) is 2.86. The molecule has 0 saturated heterocycles. The van der Waals surface area contributed by atoms with Crippen molar-refractivity contribution in [1.29, 1.82) is 5.26 Å². The van der Waals surface area contributed by atoms with Crippen molar-refractivity contribution in [2.24, 2.45) is 0 Å². The number of hydrogen-bond acceptors (Lipinski definition) is 1. The highest BCUT2D eigenvalue weighted by molar-refractivity contribution is 6.35. The number of fused-ring (bicyclic) bond motifs is 1. The minimum Gasteiger partial charge on any atom is -0.343 e. The van der Waals surface area contributed by atoms with Gasteiger partial charge in [-0.1, -0.05) is 35.3 Å². The Hall–Kier alpha value is -1.95. The van der Waals surface area contributed by atoms with E-state index < -0.39 is 0 Å². The molecule has 0 fully saturated rings. The normalized spacial score (nSPS) is 10.7. The maximum atomic E-state index is 8.85. The quantitative estimate of drug-likeness (QED) is 0.664. The molecule has 0 spiro atoms. The van der Waals surface area contributed by atoms with Crippen LogP contribution in [-0.2, 0) is 6.54 Å². The van der Waals surface area contributed by atoms with Crippen molar-refractivity contribution in [1.82, 2.24) is 4.57 Å². The molecule has 20 heavy (non-hydrogen) atoms. The standard InChI is InChI=1S/C16H10Cl2N2/c17-14-2-1-3-16-13(14)6-7-20(16)10-12-5-4-11(9-19)8-15(12)18/h1-8H,10H2. The van der Waals surface area contributed by atoms with E-state index in [9.17, 15) is 0 Å². The first-order valence-corrected chi connectivity index (χ1v) is 6.86. The molecular weight excluding hydrogens is 291 g/mol. The van der Waals surface area contributed by atoms with Crippen LogP contribution in [0.1, 0.15) is 11.1 Å². The lowest BCUT2D eigenvalue weighted by atomic mass is 10.1. The second-order valence-corrected chi connectivity index (χ2v) is 5.35. The highest BCUT2D eigenvalue weighted by Crippen LogP contribution is 2.26. The minimum absolute atomic E-state index is 0.569. The van der Waals surface area contributed by atoms with Gasteiger partial charge in [-0.05, 0) is 35.9 Å². The fourth-order valence-electron chi connectivity index (χ4n) is 2.25. The van der Waals surface area contributed by atoms with E-state index in [1.54, 1.807) is 12.1 Å². The summed E-state index contributed by atoms with van der Waals surface area (Å²) in [6, 6.07) is 15.3. The highest BCUT2D eigenvalue weighted by Gasteiger charge is 2.07. The van der Waals surface area contributed by atoms with Crippen LogP contribution in [0.2, 0.25) is 10.0 Å². The van der Waals surface area contributed by atoms with Crippen LogP contribution in [-0.4, -0.2) is 4.57 Å². The molecule has 0 aliphatic heterocycles. The Bertz CT molecular complexity index is 828. The van der Waals surface area contributed by atoms with Gasteiger partial charge in [-0.25, -0.2) is 0 Å². The van der Waals surface area contributed by atoms with Gasteiger partial charge in [0.1, 0.15) is 0 Å². The molecule has 0 saturated carbocycles. The Labute approximate surface area is 126 Å². The maximum absolute atomic E-state index is 8.85. The van der Waals surface area contributed by atoms with E-state index in [2.05, 4.69) is 10.6 Å². The van der Waals surface area contributed by atoms with Crippen molar-refractivity contribution in [3.8, 4) is 6.07 Å². The molecule has 0 atom stereocenters. The molecule has 0 unspecified atom stereocenters. The Morgan fingerprint density at radius 1 is 1.05 bits per heavy atom. The number of halogens is 2. The molecule has 0 radical (unpaired) electrons. The van der Waals surface area contributed by atoms with Crippen molar-refractivity contribution in [2.75, 3.05) is 0 Å². The topological polar surface area (TPSA) is 28.7 Å². The van der Waals surface area contributed by atoms with E-state index in [1.165, 1.54) is 0 Å². The Kier molecular flexibility index (Phi) is 3.40. The predicted molar refractivity (Wildman–Crippen MR) is 82.2 cm³/mol. The van der Waals surface area contributed by atoms with Crippen LogP contribution in [0.4, 0.5) is 0 Å². The van der Waals surface area contributed by atoms with Gasteiger partial charge >= 0.3 is 0 Å². The second kappa shape index (κ2) is 5.20. The van der Waals surface area contributed by atoms with E-state index in [0.29, 0.717) is 17.1 Å². The third-order valence-corrected chi connectivity index (χ3v) is 3.96. The molecule has 0 aliphatic carbocycles. The minimum atomic E-state index is 0.569. The first-order valence-electron chi connectivity index (χ1n) is 6.11. The molecule has 3 rings (SSSR count). The zero-order valence-electron chi connectivity index (χ0n) is 10.5. The van der Waals surface area contributed by atoms with Crippen LogP contribution in [0.5, 0.6) is 0 Å². The maximum Gasteiger partial charge on any atom is 0.0992 e. The van der Waals surface area contributed by atoms with E-state index in [4.69, 9.17) is 28.5 Å². The first kappa shape index (κ1) is 13.1.